The van der Waals surface area contributed by atoms with Gasteiger partial charge in [-0.2, -0.15) is 0 Å². The van der Waals surface area contributed by atoms with Crippen LogP contribution in [0.3, 0.4) is 0 Å². The molecular formula is C13H19NO. The van der Waals surface area contributed by atoms with Gasteiger partial charge in [-0.15, -0.1) is 0 Å². The maximum atomic E-state index is 12.2. The molecule has 0 spiro atoms. The van der Waals surface area contributed by atoms with Gasteiger partial charge < -0.3 is 5.32 Å². The minimum absolute atomic E-state index is 0.145. The summed E-state index contributed by atoms with van der Waals surface area (Å²) in [5.41, 5.74) is 2.55. The average molecular weight is 205 g/mol. The number of nitrogens with one attached hydrogen (secondary N) is 1. The van der Waals surface area contributed by atoms with E-state index >= 15 is 0 Å². The van der Waals surface area contributed by atoms with Crippen LogP contribution in [-0.4, -0.2) is 18.4 Å². The molecule has 0 radical (unpaired) electrons. The molecule has 1 aromatic rings. The first-order valence-electron chi connectivity index (χ1n) is 5.20. The number of Topliss-reactive ketones (excluding diaryl/α,β-unsaturated/α-hetero) is 1. The summed E-state index contributed by atoms with van der Waals surface area (Å²) in [4.78, 5) is 12.2. The number of carbonyl (C=O) groups is 1. The Kier molecular flexibility index (Phi) is 3.30. The number of benzene rings is 1. The van der Waals surface area contributed by atoms with Crippen molar-refractivity contribution in [2.75, 3.05) is 7.05 Å². The fourth-order valence-corrected chi connectivity index (χ4v) is 1.45. The molecule has 0 saturated heterocycles. The lowest BCUT2D eigenvalue weighted by Crippen LogP contribution is -2.44. The second-order valence-corrected chi connectivity index (χ2v) is 4.45. The van der Waals surface area contributed by atoms with Crippen molar-refractivity contribution in [1.29, 1.82) is 0 Å². The summed E-state index contributed by atoms with van der Waals surface area (Å²) >= 11 is 0. The van der Waals surface area contributed by atoms with Gasteiger partial charge in [0.15, 0.2) is 5.78 Å². The Morgan fingerprint density at radius 2 is 1.87 bits per heavy atom. The molecule has 0 bridgehead atoms. The minimum atomic E-state index is -0.501. The van der Waals surface area contributed by atoms with Crippen LogP contribution in [-0.2, 0) is 0 Å². The molecule has 1 rings (SSSR count). The van der Waals surface area contributed by atoms with E-state index in [2.05, 4.69) is 5.32 Å². The maximum Gasteiger partial charge on any atom is 0.182 e. The number of aryl methyl sites for hydroxylation is 1. The highest BCUT2D eigenvalue weighted by molar-refractivity contribution is 6.03. The van der Waals surface area contributed by atoms with Gasteiger partial charge in [-0.1, -0.05) is 18.2 Å². The lowest BCUT2D eigenvalue weighted by molar-refractivity contribution is 0.0889. The molecular weight excluding hydrogens is 186 g/mol. The molecule has 82 valence electrons. The van der Waals surface area contributed by atoms with Crippen molar-refractivity contribution in [2.24, 2.45) is 0 Å². The highest BCUT2D eigenvalue weighted by Gasteiger charge is 2.27. The first-order chi connectivity index (χ1) is 6.90. The maximum absolute atomic E-state index is 12.2. The van der Waals surface area contributed by atoms with E-state index in [9.17, 15) is 4.79 Å². The molecule has 0 unspecified atom stereocenters. The van der Waals surface area contributed by atoms with E-state index in [1.807, 2.05) is 52.9 Å². The van der Waals surface area contributed by atoms with Gasteiger partial charge in [0.2, 0.25) is 0 Å². The van der Waals surface area contributed by atoms with Crippen LogP contribution in [0.1, 0.15) is 35.3 Å². The summed E-state index contributed by atoms with van der Waals surface area (Å²) in [7, 11) is 1.81. The third kappa shape index (κ3) is 2.26. The molecule has 0 atom stereocenters. The Labute approximate surface area is 91.7 Å². The molecule has 0 amide bonds. The smallest absolute Gasteiger partial charge is 0.182 e. The molecule has 15 heavy (non-hydrogen) atoms. The van der Waals surface area contributed by atoms with Gasteiger partial charge in [0, 0.05) is 5.56 Å². The van der Waals surface area contributed by atoms with Crippen LogP contribution in [0.2, 0.25) is 0 Å². The Morgan fingerprint density at radius 1 is 1.27 bits per heavy atom. The van der Waals surface area contributed by atoms with E-state index in [1.165, 1.54) is 0 Å². The largest absolute Gasteiger partial charge is 0.308 e. The minimum Gasteiger partial charge on any atom is -0.308 e. The number of hydrogen-bond acceptors (Lipinski definition) is 2. The molecule has 0 aromatic heterocycles. The van der Waals surface area contributed by atoms with Crippen molar-refractivity contribution >= 4 is 5.78 Å². The quantitative estimate of drug-likeness (QED) is 0.768. The zero-order chi connectivity index (χ0) is 11.6. The van der Waals surface area contributed by atoms with E-state index in [1.54, 1.807) is 0 Å². The lowest BCUT2D eigenvalue weighted by Gasteiger charge is -2.23. The van der Waals surface area contributed by atoms with Gasteiger partial charge in [0.05, 0.1) is 5.54 Å². The topological polar surface area (TPSA) is 29.1 Å². The summed E-state index contributed by atoms with van der Waals surface area (Å²) in [5.74, 6) is 0.145. The monoisotopic (exact) mass is 205 g/mol. The van der Waals surface area contributed by atoms with Crippen LogP contribution < -0.4 is 5.32 Å². The molecule has 2 heteroatoms. The van der Waals surface area contributed by atoms with E-state index < -0.39 is 5.54 Å². The number of carbonyl (C=O) groups excluding carboxylic acids is 1. The number of ketones is 1. The van der Waals surface area contributed by atoms with E-state index in [4.69, 9.17) is 0 Å². The molecule has 0 aliphatic heterocycles. The summed E-state index contributed by atoms with van der Waals surface area (Å²) in [6.45, 7) is 7.82. The van der Waals surface area contributed by atoms with Gasteiger partial charge in [0.25, 0.3) is 0 Å². The normalized spacial score (nSPS) is 11.5. The third-order valence-electron chi connectivity index (χ3n) is 3.04. The Morgan fingerprint density at radius 3 is 2.40 bits per heavy atom. The number of likely N-dealkylation sites (N-methyl/N-ethyl adjacent to an activating group) is 1. The van der Waals surface area contributed by atoms with Crippen molar-refractivity contribution in [3.8, 4) is 0 Å². The van der Waals surface area contributed by atoms with Crippen LogP contribution in [0, 0.1) is 13.8 Å². The van der Waals surface area contributed by atoms with Crippen LogP contribution in [0.15, 0.2) is 18.2 Å². The van der Waals surface area contributed by atoms with Crippen molar-refractivity contribution in [3.05, 3.63) is 34.9 Å². The predicted octanol–water partition coefficient (Wildman–Crippen LogP) is 2.48. The second-order valence-electron chi connectivity index (χ2n) is 4.45. The van der Waals surface area contributed by atoms with E-state index in [-0.39, 0.29) is 5.78 Å². The molecule has 1 aromatic carbocycles. The molecule has 2 nitrogen and oxygen atoms in total. The molecule has 0 fully saturated rings. The van der Waals surface area contributed by atoms with Gasteiger partial charge in [0.1, 0.15) is 0 Å². The lowest BCUT2D eigenvalue weighted by atomic mass is 9.89. The standard InChI is InChI=1S/C13H19NO/c1-9-7-6-8-11(10(9)2)12(15)13(3,4)14-5/h6-8,14H,1-5H3. The molecule has 0 saturated carbocycles. The summed E-state index contributed by atoms with van der Waals surface area (Å²) in [5, 5.41) is 3.04. The first kappa shape index (κ1) is 11.9. The Balaban J connectivity index is 3.18. The molecule has 1 N–H and O–H groups in total. The van der Waals surface area contributed by atoms with Gasteiger partial charge in [-0.25, -0.2) is 0 Å². The second kappa shape index (κ2) is 4.15. The highest BCUT2D eigenvalue weighted by atomic mass is 16.1. The Hall–Kier alpha value is -1.15. The van der Waals surface area contributed by atoms with Crippen LogP contribution in [0.5, 0.6) is 0 Å². The zero-order valence-corrected chi connectivity index (χ0v) is 10.1. The number of hydrogen-bond donors (Lipinski definition) is 1. The van der Waals surface area contributed by atoms with Gasteiger partial charge in [-0.3, -0.25) is 4.79 Å². The predicted molar refractivity (Wildman–Crippen MR) is 63.4 cm³/mol. The van der Waals surface area contributed by atoms with E-state index in [0.717, 1.165) is 16.7 Å². The summed E-state index contributed by atoms with van der Waals surface area (Å²) in [6, 6.07) is 5.85. The third-order valence-corrected chi connectivity index (χ3v) is 3.04. The van der Waals surface area contributed by atoms with Crippen molar-refractivity contribution in [3.63, 3.8) is 0 Å². The first-order valence-corrected chi connectivity index (χ1v) is 5.20. The fraction of sp³-hybridized carbons (Fsp3) is 0.462. The van der Waals surface area contributed by atoms with Crippen molar-refractivity contribution in [1.82, 2.24) is 5.32 Å². The summed E-state index contributed by atoms with van der Waals surface area (Å²) in [6.07, 6.45) is 0. The highest BCUT2D eigenvalue weighted by Crippen LogP contribution is 2.18. The number of rotatable bonds is 3. The van der Waals surface area contributed by atoms with Crippen LogP contribution in [0.4, 0.5) is 0 Å². The van der Waals surface area contributed by atoms with Crippen LogP contribution in [0.25, 0.3) is 0 Å². The average Bonchev–Trinajstić information content (AvgIpc) is 2.21. The van der Waals surface area contributed by atoms with Gasteiger partial charge >= 0.3 is 0 Å². The SMILES string of the molecule is CNC(C)(C)C(=O)c1cccc(C)c1C. The van der Waals surface area contributed by atoms with Crippen LogP contribution >= 0.6 is 0 Å². The van der Waals surface area contributed by atoms with Crippen molar-refractivity contribution < 1.29 is 4.79 Å². The molecule has 0 heterocycles. The van der Waals surface area contributed by atoms with E-state index in [0.29, 0.717) is 0 Å². The zero-order valence-electron chi connectivity index (χ0n) is 10.1. The summed E-state index contributed by atoms with van der Waals surface area (Å²) < 4.78 is 0. The molecule has 0 aliphatic rings. The Bertz CT molecular complexity index is 380. The van der Waals surface area contributed by atoms with Crippen molar-refractivity contribution in [2.45, 2.75) is 33.2 Å². The molecule has 0 aliphatic carbocycles. The fourth-order valence-electron chi connectivity index (χ4n) is 1.45. The van der Waals surface area contributed by atoms with Gasteiger partial charge in [-0.05, 0) is 45.9 Å².